The quantitative estimate of drug-likeness (QED) is 0.794. The molecule has 1 aromatic heterocycles. The Kier molecular flexibility index (Phi) is 4.74. The van der Waals surface area contributed by atoms with Crippen LogP contribution in [0.2, 0.25) is 0 Å². The van der Waals surface area contributed by atoms with E-state index in [1.165, 1.54) is 4.88 Å². The largest absolute Gasteiger partial charge is 0.479 e. The number of hydrogen-bond acceptors (Lipinski definition) is 3. The topological polar surface area (TPSA) is 49.3 Å². The Morgan fingerprint density at radius 2 is 1.90 bits per heavy atom. The van der Waals surface area contributed by atoms with Crippen LogP contribution in [0.15, 0.2) is 40.9 Å². The molecule has 1 heterocycles. The minimum atomic E-state index is -0.881. The number of carboxylic acid groups (broad SMARTS) is 1. The molecule has 5 heteroatoms. The van der Waals surface area contributed by atoms with Crippen molar-refractivity contribution in [2.75, 3.05) is 5.32 Å². The molecular weight excluding hydrogens is 350 g/mol. The Morgan fingerprint density at radius 1 is 1.24 bits per heavy atom. The number of rotatable bonds is 4. The average Bonchev–Trinajstić information content (AvgIpc) is 2.86. The zero-order chi connectivity index (χ0) is 15.6. The zero-order valence-corrected chi connectivity index (χ0v) is 14.6. The van der Waals surface area contributed by atoms with Gasteiger partial charge in [0, 0.05) is 19.9 Å². The number of halogens is 1. The predicted octanol–water partition coefficient (Wildman–Crippen LogP) is 5.05. The van der Waals surface area contributed by atoms with E-state index in [0.717, 1.165) is 15.0 Å². The van der Waals surface area contributed by atoms with Crippen LogP contribution in [0.3, 0.4) is 0 Å². The molecular formula is C16H18BrNO2S. The van der Waals surface area contributed by atoms with Crippen molar-refractivity contribution in [2.24, 2.45) is 0 Å². The van der Waals surface area contributed by atoms with Crippen molar-refractivity contribution >= 4 is 38.9 Å². The molecule has 0 fully saturated rings. The summed E-state index contributed by atoms with van der Waals surface area (Å²) in [7, 11) is 0. The van der Waals surface area contributed by atoms with Crippen LogP contribution < -0.4 is 5.32 Å². The molecule has 2 rings (SSSR count). The minimum Gasteiger partial charge on any atom is -0.479 e. The lowest BCUT2D eigenvalue weighted by Gasteiger charge is -2.17. The number of carboxylic acids is 1. The fraction of sp³-hybridized carbons (Fsp3) is 0.312. The summed E-state index contributed by atoms with van der Waals surface area (Å²) in [5.74, 6) is -0.881. The van der Waals surface area contributed by atoms with Crippen LogP contribution in [0.25, 0.3) is 0 Å². The smallest absolute Gasteiger partial charge is 0.331 e. The normalized spacial score (nSPS) is 13.0. The van der Waals surface area contributed by atoms with E-state index >= 15 is 0 Å². The first-order valence-electron chi connectivity index (χ1n) is 6.63. The van der Waals surface area contributed by atoms with Gasteiger partial charge in [-0.3, -0.25) is 0 Å². The van der Waals surface area contributed by atoms with E-state index in [-0.39, 0.29) is 5.41 Å². The highest BCUT2D eigenvalue weighted by molar-refractivity contribution is 9.10. The van der Waals surface area contributed by atoms with Gasteiger partial charge in [-0.2, -0.15) is 0 Å². The molecule has 2 aromatic rings. The van der Waals surface area contributed by atoms with Gasteiger partial charge in [0.05, 0.1) is 0 Å². The van der Waals surface area contributed by atoms with Gasteiger partial charge in [-0.05, 0) is 45.6 Å². The Balaban J connectivity index is 2.30. The first-order chi connectivity index (χ1) is 9.79. The van der Waals surface area contributed by atoms with Gasteiger partial charge in [0.2, 0.25) is 0 Å². The number of anilines is 1. The van der Waals surface area contributed by atoms with Gasteiger partial charge < -0.3 is 10.4 Å². The Morgan fingerprint density at radius 3 is 2.43 bits per heavy atom. The van der Waals surface area contributed by atoms with Crippen LogP contribution >= 0.6 is 27.3 Å². The summed E-state index contributed by atoms with van der Waals surface area (Å²) >= 11 is 4.97. The summed E-state index contributed by atoms with van der Waals surface area (Å²) in [5.41, 5.74) is 0.801. The van der Waals surface area contributed by atoms with Crippen molar-refractivity contribution in [1.82, 2.24) is 0 Å². The summed E-state index contributed by atoms with van der Waals surface area (Å²) in [6.07, 6.45) is 0. The Bertz CT molecular complexity index is 646. The number of benzene rings is 1. The molecule has 0 radical (unpaired) electrons. The molecule has 21 heavy (non-hydrogen) atoms. The molecule has 0 saturated carbocycles. The highest BCUT2D eigenvalue weighted by atomic mass is 79.9. The second-order valence-corrected chi connectivity index (χ2v) is 7.82. The maximum atomic E-state index is 11.6. The fourth-order valence-electron chi connectivity index (χ4n) is 1.90. The van der Waals surface area contributed by atoms with E-state index in [1.807, 2.05) is 36.4 Å². The second kappa shape index (κ2) is 6.20. The van der Waals surface area contributed by atoms with Crippen molar-refractivity contribution in [3.05, 3.63) is 50.6 Å². The van der Waals surface area contributed by atoms with E-state index in [4.69, 9.17) is 0 Å². The summed E-state index contributed by atoms with van der Waals surface area (Å²) in [6, 6.07) is 10.7. The van der Waals surface area contributed by atoms with E-state index in [2.05, 4.69) is 42.0 Å². The summed E-state index contributed by atoms with van der Waals surface area (Å²) in [5, 5.41) is 12.6. The summed E-state index contributed by atoms with van der Waals surface area (Å²) < 4.78 is 0.851. The molecule has 112 valence electrons. The number of hydrogen-bond donors (Lipinski definition) is 2. The van der Waals surface area contributed by atoms with Gasteiger partial charge in [0.1, 0.15) is 0 Å². The Hall–Kier alpha value is -1.33. The predicted molar refractivity (Wildman–Crippen MR) is 91.2 cm³/mol. The minimum absolute atomic E-state index is 0.0271. The monoisotopic (exact) mass is 367 g/mol. The number of aliphatic carboxylic acids is 1. The van der Waals surface area contributed by atoms with Crippen molar-refractivity contribution in [2.45, 2.75) is 32.2 Å². The molecule has 2 N–H and O–H groups in total. The SMILES string of the molecule is CC(C)(C)c1ccc(C(Nc2ccccc2Br)C(=O)O)s1. The number of thiophene rings is 1. The lowest BCUT2D eigenvalue weighted by molar-refractivity contribution is -0.138. The molecule has 1 atom stereocenters. The molecule has 0 amide bonds. The van der Waals surface area contributed by atoms with Crippen molar-refractivity contribution < 1.29 is 9.90 Å². The molecule has 1 aromatic carbocycles. The Labute approximate surface area is 137 Å². The standard InChI is InChI=1S/C16H18BrNO2S/c1-16(2,3)13-9-8-12(21-13)14(15(19)20)18-11-7-5-4-6-10(11)17/h4-9,14,18H,1-3H3,(H,19,20). The van der Waals surface area contributed by atoms with Crippen molar-refractivity contribution in [3.63, 3.8) is 0 Å². The van der Waals surface area contributed by atoms with Gasteiger partial charge in [-0.1, -0.05) is 32.9 Å². The van der Waals surface area contributed by atoms with Crippen LogP contribution in [0.4, 0.5) is 5.69 Å². The van der Waals surface area contributed by atoms with Crippen LogP contribution in [0, 0.1) is 0 Å². The van der Waals surface area contributed by atoms with Crippen LogP contribution in [0.1, 0.15) is 36.6 Å². The van der Waals surface area contributed by atoms with Gasteiger partial charge in [-0.15, -0.1) is 11.3 Å². The fourth-order valence-corrected chi connectivity index (χ4v) is 3.41. The number of para-hydroxylation sites is 1. The first-order valence-corrected chi connectivity index (χ1v) is 8.24. The summed E-state index contributed by atoms with van der Waals surface area (Å²) in [6.45, 7) is 6.37. The van der Waals surface area contributed by atoms with Gasteiger partial charge in [0.15, 0.2) is 6.04 Å². The average molecular weight is 368 g/mol. The highest BCUT2D eigenvalue weighted by Crippen LogP contribution is 2.34. The third kappa shape index (κ3) is 3.86. The third-order valence-electron chi connectivity index (χ3n) is 3.07. The van der Waals surface area contributed by atoms with E-state index in [9.17, 15) is 9.90 Å². The molecule has 1 unspecified atom stereocenters. The van der Waals surface area contributed by atoms with E-state index < -0.39 is 12.0 Å². The van der Waals surface area contributed by atoms with Crippen LogP contribution in [-0.2, 0) is 10.2 Å². The number of carbonyl (C=O) groups is 1. The first kappa shape index (κ1) is 16.0. The van der Waals surface area contributed by atoms with E-state index in [1.54, 1.807) is 11.3 Å². The third-order valence-corrected chi connectivity index (χ3v) is 5.34. The molecule has 0 aliphatic carbocycles. The maximum absolute atomic E-state index is 11.6. The van der Waals surface area contributed by atoms with Crippen LogP contribution in [0.5, 0.6) is 0 Å². The van der Waals surface area contributed by atoms with Crippen LogP contribution in [-0.4, -0.2) is 11.1 Å². The van der Waals surface area contributed by atoms with Crippen molar-refractivity contribution in [1.29, 1.82) is 0 Å². The molecule has 3 nitrogen and oxygen atoms in total. The molecule has 0 saturated heterocycles. The molecule has 0 aliphatic rings. The maximum Gasteiger partial charge on any atom is 0.331 e. The second-order valence-electron chi connectivity index (χ2n) is 5.85. The lowest BCUT2D eigenvalue weighted by Crippen LogP contribution is -2.19. The number of nitrogens with one attached hydrogen (secondary N) is 1. The van der Waals surface area contributed by atoms with Crippen molar-refractivity contribution in [3.8, 4) is 0 Å². The van der Waals surface area contributed by atoms with Gasteiger partial charge in [0.25, 0.3) is 0 Å². The van der Waals surface area contributed by atoms with Gasteiger partial charge in [-0.25, -0.2) is 4.79 Å². The molecule has 0 spiro atoms. The van der Waals surface area contributed by atoms with Gasteiger partial charge >= 0.3 is 5.97 Å². The molecule has 0 bridgehead atoms. The lowest BCUT2D eigenvalue weighted by atomic mass is 9.95. The van der Waals surface area contributed by atoms with E-state index in [0.29, 0.717) is 0 Å². The molecule has 0 aliphatic heterocycles. The summed E-state index contributed by atoms with van der Waals surface area (Å²) in [4.78, 5) is 13.6. The highest BCUT2D eigenvalue weighted by Gasteiger charge is 2.25. The zero-order valence-electron chi connectivity index (χ0n) is 12.2.